The Bertz CT molecular complexity index is 664. The minimum atomic E-state index is 0.0136. The van der Waals surface area contributed by atoms with E-state index in [4.69, 9.17) is 5.73 Å². The molecule has 1 unspecified atom stereocenters. The van der Waals surface area contributed by atoms with Gasteiger partial charge in [-0.2, -0.15) is 0 Å². The van der Waals surface area contributed by atoms with E-state index in [1.807, 2.05) is 6.20 Å². The standard InChI is InChI=1S/C15H15N3S/c16-14(10-19-15-17-7-8-18-15)13-6-5-11-3-1-2-4-12(11)9-13/h1-9,14H,10,16H2,(H,17,18). The summed E-state index contributed by atoms with van der Waals surface area (Å²) in [7, 11) is 0. The lowest BCUT2D eigenvalue weighted by atomic mass is 10.0. The molecular formula is C15H15N3S. The Morgan fingerprint density at radius 1 is 1.16 bits per heavy atom. The maximum atomic E-state index is 6.24. The van der Waals surface area contributed by atoms with Crippen molar-refractivity contribution in [2.75, 3.05) is 5.75 Å². The minimum Gasteiger partial charge on any atom is -0.340 e. The zero-order valence-corrected chi connectivity index (χ0v) is 11.2. The number of imidazole rings is 1. The lowest BCUT2D eigenvalue weighted by Gasteiger charge is -2.11. The number of aromatic amines is 1. The number of aromatic nitrogens is 2. The highest BCUT2D eigenvalue weighted by molar-refractivity contribution is 7.99. The minimum absolute atomic E-state index is 0.0136. The molecule has 0 spiro atoms. The van der Waals surface area contributed by atoms with Crippen LogP contribution < -0.4 is 5.73 Å². The Balaban J connectivity index is 1.75. The van der Waals surface area contributed by atoms with Crippen molar-refractivity contribution in [1.82, 2.24) is 9.97 Å². The zero-order chi connectivity index (χ0) is 13.1. The first kappa shape index (κ1) is 12.3. The van der Waals surface area contributed by atoms with Gasteiger partial charge < -0.3 is 10.7 Å². The molecule has 3 aromatic rings. The predicted molar refractivity (Wildman–Crippen MR) is 80.2 cm³/mol. The van der Waals surface area contributed by atoms with Crippen LogP contribution in [0.5, 0.6) is 0 Å². The molecule has 1 atom stereocenters. The number of thioether (sulfide) groups is 1. The molecule has 1 aromatic heterocycles. The second-order valence-corrected chi connectivity index (χ2v) is 5.43. The van der Waals surface area contributed by atoms with Crippen molar-refractivity contribution in [2.45, 2.75) is 11.2 Å². The molecule has 96 valence electrons. The Hall–Kier alpha value is -1.78. The van der Waals surface area contributed by atoms with Crippen LogP contribution in [0.3, 0.4) is 0 Å². The van der Waals surface area contributed by atoms with Gasteiger partial charge in [0.2, 0.25) is 0 Å². The first-order valence-corrected chi connectivity index (χ1v) is 7.18. The quantitative estimate of drug-likeness (QED) is 0.714. The van der Waals surface area contributed by atoms with Gasteiger partial charge in [0.1, 0.15) is 0 Å². The van der Waals surface area contributed by atoms with Crippen LogP contribution in [0.1, 0.15) is 11.6 Å². The molecule has 0 radical (unpaired) electrons. The summed E-state index contributed by atoms with van der Waals surface area (Å²) in [5.74, 6) is 0.811. The lowest BCUT2D eigenvalue weighted by Crippen LogP contribution is -2.12. The van der Waals surface area contributed by atoms with Gasteiger partial charge in [-0.25, -0.2) is 4.98 Å². The fourth-order valence-electron chi connectivity index (χ4n) is 2.03. The molecule has 0 aliphatic rings. The molecule has 19 heavy (non-hydrogen) atoms. The second-order valence-electron chi connectivity index (χ2n) is 4.42. The fraction of sp³-hybridized carbons (Fsp3) is 0.133. The number of rotatable bonds is 4. The molecule has 0 amide bonds. The van der Waals surface area contributed by atoms with Crippen LogP contribution in [-0.2, 0) is 0 Å². The maximum Gasteiger partial charge on any atom is 0.165 e. The van der Waals surface area contributed by atoms with E-state index in [0.29, 0.717) is 0 Å². The van der Waals surface area contributed by atoms with E-state index in [1.54, 1.807) is 18.0 Å². The van der Waals surface area contributed by atoms with E-state index in [-0.39, 0.29) is 6.04 Å². The van der Waals surface area contributed by atoms with Gasteiger partial charge in [0.05, 0.1) is 0 Å². The highest BCUT2D eigenvalue weighted by Crippen LogP contribution is 2.23. The Morgan fingerprint density at radius 3 is 2.79 bits per heavy atom. The number of hydrogen-bond acceptors (Lipinski definition) is 3. The molecule has 3 N–H and O–H groups in total. The Morgan fingerprint density at radius 2 is 2.00 bits per heavy atom. The van der Waals surface area contributed by atoms with Crippen LogP contribution in [-0.4, -0.2) is 15.7 Å². The normalized spacial score (nSPS) is 12.7. The van der Waals surface area contributed by atoms with E-state index in [1.165, 1.54) is 10.8 Å². The summed E-state index contributed by atoms with van der Waals surface area (Å²) < 4.78 is 0. The van der Waals surface area contributed by atoms with Crippen molar-refractivity contribution < 1.29 is 0 Å². The van der Waals surface area contributed by atoms with Gasteiger partial charge in [-0.1, -0.05) is 48.2 Å². The maximum absolute atomic E-state index is 6.24. The third-order valence-corrected chi connectivity index (χ3v) is 4.10. The number of nitrogens with two attached hydrogens (primary N) is 1. The molecule has 3 nitrogen and oxygen atoms in total. The van der Waals surface area contributed by atoms with Crippen LogP contribution in [0.25, 0.3) is 10.8 Å². The van der Waals surface area contributed by atoms with Gasteiger partial charge in [0.25, 0.3) is 0 Å². The van der Waals surface area contributed by atoms with E-state index < -0.39 is 0 Å². The van der Waals surface area contributed by atoms with Crippen molar-refractivity contribution in [2.24, 2.45) is 5.73 Å². The number of hydrogen-bond donors (Lipinski definition) is 2. The van der Waals surface area contributed by atoms with Gasteiger partial charge in [-0.05, 0) is 22.4 Å². The molecule has 0 saturated heterocycles. The molecule has 1 heterocycles. The van der Waals surface area contributed by atoms with Crippen molar-refractivity contribution in [3.8, 4) is 0 Å². The van der Waals surface area contributed by atoms with Crippen molar-refractivity contribution in [3.05, 3.63) is 60.4 Å². The van der Waals surface area contributed by atoms with Gasteiger partial charge in [0, 0.05) is 24.2 Å². The average Bonchev–Trinajstić information content (AvgIpc) is 2.97. The summed E-state index contributed by atoms with van der Waals surface area (Å²) in [5.41, 5.74) is 7.40. The first-order valence-electron chi connectivity index (χ1n) is 6.19. The van der Waals surface area contributed by atoms with E-state index in [0.717, 1.165) is 16.5 Å². The lowest BCUT2D eigenvalue weighted by molar-refractivity contribution is 0.830. The van der Waals surface area contributed by atoms with Crippen molar-refractivity contribution in [1.29, 1.82) is 0 Å². The number of nitrogens with zero attached hydrogens (tertiary/aromatic N) is 1. The Kier molecular flexibility index (Phi) is 3.53. The fourth-order valence-corrected chi connectivity index (χ4v) is 2.85. The molecule has 4 heteroatoms. The molecule has 3 rings (SSSR count). The molecule has 0 fully saturated rings. The third-order valence-electron chi connectivity index (χ3n) is 3.07. The van der Waals surface area contributed by atoms with Gasteiger partial charge in [-0.15, -0.1) is 0 Å². The van der Waals surface area contributed by atoms with Crippen LogP contribution in [0.15, 0.2) is 60.0 Å². The van der Waals surface area contributed by atoms with E-state index in [2.05, 4.69) is 52.4 Å². The van der Waals surface area contributed by atoms with E-state index in [9.17, 15) is 0 Å². The van der Waals surface area contributed by atoms with Crippen LogP contribution >= 0.6 is 11.8 Å². The van der Waals surface area contributed by atoms with Gasteiger partial charge in [0.15, 0.2) is 5.16 Å². The molecule has 2 aromatic carbocycles. The largest absolute Gasteiger partial charge is 0.340 e. The second kappa shape index (κ2) is 5.47. The molecule has 0 bridgehead atoms. The summed E-state index contributed by atoms with van der Waals surface area (Å²) in [6.45, 7) is 0. The van der Waals surface area contributed by atoms with Crippen LogP contribution in [0, 0.1) is 0 Å². The third kappa shape index (κ3) is 2.80. The molecule has 0 aliphatic carbocycles. The smallest absolute Gasteiger partial charge is 0.165 e. The highest BCUT2D eigenvalue weighted by Gasteiger charge is 2.08. The molecule has 0 aliphatic heterocycles. The molecular weight excluding hydrogens is 254 g/mol. The van der Waals surface area contributed by atoms with Gasteiger partial charge in [-0.3, -0.25) is 0 Å². The van der Waals surface area contributed by atoms with Crippen molar-refractivity contribution in [3.63, 3.8) is 0 Å². The summed E-state index contributed by atoms with van der Waals surface area (Å²) in [4.78, 5) is 7.25. The summed E-state index contributed by atoms with van der Waals surface area (Å²) >= 11 is 1.64. The average molecular weight is 269 g/mol. The summed E-state index contributed by atoms with van der Waals surface area (Å²) in [6.07, 6.45) is 3.58. The SMILES string of the molecule is NC(CSc1ncc[nH]1)c1ccc2ccccc2c1. The van der Waals surface area contributed by atoms with Crippen molar-refractivity contribution >= 4 is 22.5 Å². The highest BCUT2D eigenvalue weighted by atomic mass is 32.2. The number of H-pyrrole nitrogens is 1. The Labute approximate surface area is 116 Å². The van der Waals surface area contributed by atoms with Gasteiger partial charge >= 0.3 is 0 Å². The first-order chi connectivity index (χ1) is 9.33. The predicted octanol–water partition coefficient (Wildman–Crippen LogP) is 3.36. The van der Waals surface area contributed by atoms with Crippen LogP contribution in [0.2, 0.25) is 0 Å². The zero-order valence-electron chi connectivity index (χ0n) is 10.4. The topological polar surface area (TPSA) is 54.7 Å². The number of benzene rings is 2. The monoisotopic (exact) mass is 269 g/mol. The van der Waals surface area contributed by atoms with Crippen LogP contribution in [0.4, 0.5) is 0 Å². The summed E-state index contributed by atoms with van der Waals surface area (Å²) in [5, 5.41) is 3.40. The summed E-state index contributed by atoms with van der Waals surface area (Å²) in [6, 6.07) is 14.7. The molecule has 0 saturated carbocycles. The number of nitrogens with one attached hydrogen (secondary N) is 1. The van der Waals surface area contributed by atoms with E-state index >= 15 is 0 Å². The number of fused-ring (bicyclic) bond motifs is 1.